The summed E-state index contributed by atoms with van der Waals surface area (Å²) in [6.45, 7) is 0. The first-order chi connectivity index (χ1) is 10.1. The van der Waals surface area contributed by atoms with Crippen molar-refractivity contribution in [2.45, 2.75) is 12.5 Å². The van der Waals surface area contributed by atoms with Crippen LogP contribution in [0.15, 0.2) is 54.7 Å². The van der Waals surface area contributed by atoms with Crippen molar-refractivity contribution in [3.05, 3.63) is 77.5 Å². The average molecular weight is 284 g/mol. The summed E-state index contributed by atoms with van der Waals surface area (Å²) in [6, 6.07) is 13.3. The van der Waals surface area contributed by atoms with Gasteiger partial charge in [-0.15, -0.1) is 0 Å². The molecule has 3 rings (SSSR count). The monoisotopic (exact) mass is 284 g/mol. The minimum Gasteiger partial charge on any atom is -0.324 e. The molecule has 3 aromatic rings. The SMILES string of the molecule is NC(Cc1ccc(F)c(F)c1)c1ccc2cccnc2c1. The normalized spacial score (nSPS) is 12.5. The molecule has 0 fully saturated rings. The summed E-state index contributed by atoms with van der Waals surface area (Å²) in [5, 5.41) is 1.04. The lowest BCUT2D eigenvalue weighted by Crippen LogP contribution is -2.13. The average Bonchev–Trinajstić information content (AvgIpc) is 2.50. The van der Waals surface area contributed by atoms with Gasteiger partial charge < -0.3 is 5.73 Å². The molecule has 21 heavy (non-hydrogen) atoms. The highest BCUT2D eigenvalue weighted by atomic mass is 19.2. The van der Waals surface area contributed by atoms with Crippen molar-refractivity contribution in [2.24, 2.45) is 5.73 Å². The second-order valence-electron chi connectivity index (χ2n) is 5.01. The number of aromatic nitrogens is 1. The van der Waals surface area contributed by atoms with E-state index in [0.717, 1.165) is 22.5 Å². The molecule has 0 bridgehead atoms. The van der Waals surface area contributed by atoms with Crippen LogP contribution in [0.3, 0.4) is 0 Å². The summed E-state index contributed by atoms with van der Waals surface area (Å²) in [7, 11) is 0. The van der Waals surface area contributed by atoms with Crippen molar-refractivity contribution in [1.29, 1.82) is 0 Å². The Hall–Kier alpha value is -2.33. The maximum Gasteiger partial charge on any atom is 0.159 e. The van der Waals surface area contributed by atoms with Gasteiger partial charge in [0.1, 0.15) is 0 Å². The zero-order valence-electron chi connectivity index (χ0n) is 11.3. The number of nitrogens with two attached hydrogens (primary N) is 1. The van der Waals surface area contributed by atoms with E-state index in [1.807, 2.05) is 30.3 Å². The molecule has 2 N–H and O–H groups in total. The van der Waals surface area contributed by atoms with E-state index in [9.17, 15) is 8.78 Å². The zero-order chi connectivity index (χ0) is 14.8. The summed E-state index contributed by atoms with van der Waals surface area (Å²) in [5.41, 5.74) is 8.62. The van der Waals surface area contributed by atoms with Gasteiger partial charge in [-0.05, 0) is 41.8 Å². The summed E-state index contributed by atoms with van der Waals surface area (Å²) in [5.74, 6) is -1.69. The molecule has 106 valence electrons. The Morgan fingerprint density at radius 1 is 1.00 bits per heavy atom. The fourth-order valence-corrected chi connectivity index (χ4v) is 2.35. The van der Waals surface area contributed by atoms with E-state index in [0.29, 0.717) is 12.0 Å². The van der Waals surface area contributed by atoms with E-state index < -0.39 is 11.6 Å². The second kappa shape index (κ2) is 5.58. The predicted octanol–water partition coefficient (Wildman–Crippen LogP) is 3.76. The van der Waals surface area contributed by atoms with Crippen LogP contribution >= 0.6 is 0 Å². The highest BCUT2D eigenvalue weighted by Gasteiger charge is 2.10. The van der Waals surface area contributed by atoms with Gasteiger partial charge in [-0.1, -0.05) is 24.3 Å². The Morgan fingerprint density at radius 2 is 1.86 bits per heavy atom. The van der Waals surface area contributed by atoms with Crippen LogP contribution < -0.4 is 5.73 Å². The Labute approximate surface area is 121 Å². The number of halogens is 2. The molecule has 0 saturated heterocycles. The molecule has 2 aromatic carbocycles. The molecule has 4 heteroatoms. The number of pyridine rings is 1. The Bertz CT molecular complexity index is 787. The minimum atomic E-state index is -0.847. The second-order valence-corrected chi connectivity index (χ2v) is 5.01. The van der Waals surface area contributed by atoms with Gasteiger partial charge in [-0.2, -0.15) is 0 Å². The first kappa shape index (κ1) is 13.6. The van der Waals surface area contributed by atoms with Crippen molar-refractivity contribution in [3.8, 4) is 0 Å². The number of hydrogen-bond acceptors (Lipinski definition) is 2. The van der Waals surface area contributed by atoms with Crippen LogP contribution in [0.5, 0.6) is 0 Å². The van der Waals surface area contributed by atoms with Gasteiger partial charge in [-0.3, -0.25) is 4.98 Å². The molecule has 1 unspecified atom stereocenters. The molecule has 0 radical (unpaired) electrons. The lowest BCUT2D eigenvalue weighted by molar-refractivity contribution is 0.506. The minimum absolute atomic E-state index is 0.290. The number of fused-ring (bicyclic) bond motifs is 1. The van der Waals surface area contributed by atoms with Gasteiger partial charge in [0.25, 0.3) is 0 Å². The predicted molar refractivity (Wildman–Crippen MR) is 78.7 cm³/mol. The summed E-state index contributed by atoms with van der Waals surface area (Å²) in [4.78, 5) is 4.29. The molecular weight excluding hydrogens is 270 g/mol. The van der Waals surface area contributed by atoms with Crippen molar-refractivity contribution >= 4 is 10.9 Å². The number of rotatable bonds is 3. The van der Waals surface area contributed by atoms with Crippen LogP contribution in [0.2, 0.25) is 0 Å². The van der Waals surface area contributed by atoms with E-state index in [1.54, 1.807) is 12.3 Å². The smallest absolute Gasteiger partial charge is 0.159 e. The first-order valence-corrected chi connectivity index (χ1v) is 6.67. The third-order valence-corrected chi connectivity index (χ3v) is 3.50. The molecule has 2 nitrogen and oxygen atoms in total. The fraction of sp³-hybridized carbons (Fsp3) is 0.118. The molecule has 1 aromatic heterocycles. The van der Waals surface area contributed by atoms with E-state index in [1.165, 1.54) is 6.07 Å². The molecule has 0 aliphatic heterocycles. The van der Waals surface area contributed by atoms with Gasteiger partial charge in [-0.25, -0.2) is 8.78 Å². The van der Waals surface area contributed by atoms with Crippen molar-refractivity contribution in [2.75, 3.05) is 0 Å². The highest BCUT2D eigenvalue weighted by molar-refractivity contribution is 5.78. The zero-order valence-corrected chi connectivity index (χ0v) is 11.3. The highest BCUT2D eigenvalue weighted by Crippen LogP contribution is 2.21. The van der Waals surface area contributed by atoms with Gasteiger partial charge in [0.15, 0.2) is 11.6 Å². The van der Waals surface area contributed by atoms with Crippen LogP contribution in [0.4, 0.5) is 8.78 Å². The third kappa shape index (κ3) is 2.90. The Kier molecular flexibility index (Phi) is 3.62. The Balaban J connectivity index is 1.85. The van der Waals surface area contributed by atoms with Crippen LogP contribution in [0, 0.1) is 11.6 Å². The van der Waals surface area contributed by atoms with Gasteiger partial charge in [0.2, 0.25) is 0 Å². The third-order valence-electron chi connectivity index (χ3n) is 3.50. The first-order valence-electron chi connectivity index (χ1n) is 6.67. The molecule has 0 saturated carbocycles. The molecule has 0 aliphatic rings. The van der Waals surface area contributed by atoms with Crippen molar-refractivity contribution in [1.82, 2.24) is 4.98 Å². The van der Waals surface area contributed by atoms with E-state index in [4.69, 9.17) is 5.73 Å². The van der Waals surface area contributed by atoms with Crippen LogP contribution in [0.1, 0.15) is 17.2 Å². The maximum absolute atomic E-state index is 13.2. The maximum atomic E-state index is 13.2. The lowest BCUT2D eigenvalue weighted by Gasteiger charge is -2.13. The van der Waals surface area contributed by atoms with E-state index in [2.05, 4.69) is 4.98 Å². The topological polar surface area (TPSA) is 38.9 Å². The summed E-state index contributed by atoms with van der Waals surface area (Å²) in [6.07, 6.45) is 2.17. The van der Waals surface area contributed by atoms with Crippen molar-refractivity contribution < 1.29 is 8.78 Å². The molecule has 0 spiro atoms. The van der Waals surface area contributed by atoms with Crippen molar-refractivity contribution in [3.63, 3.8) is 0 Å². The summed E-state index contributed by atoms with van der Waals surface area (Å²) >= 11 is 0. The molecule has 0 amide bonds. The van der Waals surface area contributed by atoms with Gasteiger partial charge in [0, 0.05) is 17.6 Å². The van der Waals surface area contributed by atoms with E-state index in [-0.39, 0.29) is 6.04 Å². The quantitative estimate of drug-likeness (QED) is 0.795. The number of benzene rings is 2. The number of hydrogen-bond donors (Lipinski definition) is 1. The number of nitrogens with zero attached hydrogens (tertiary/aromatic N) is 1. The lowest BCUT2D eigenvalue weighted by atomic mass is 9.98. The van der Waals surface area contributed by atoms with Gasteiger partial charge in [0.05, 0.1) is 5.52 Å². The van der Waals surface area contributed by atoms with E-state index >= 15 is 0 Å². The molecule has 0 aliphatic carbocycles. The molecule has 1 atom stereocenters. The fourth-order valence-electron chi connectivity index (χ4n) is 2.35. The van der Waals surface area contributed by atoms with Gasteiger partial charge >= 0.3 is 0 Å². The molecule has 1 heterocycles. The standard InChI is InChI=1S/C17H14F2N2/c18-14-6-3-11(8-15(14)19)9-16(20)13-5-4-12-2-1-7-21-17(12)10-13/h1-8,10,16H,9,20H2. The Morgan fingerprint density at radius 3 is 2.67 bits per heavy atom. The van der Waals surface area contributed by atoms with Crippen LogP contribution in [-0.2, 0) is 6.42 Å². The summed E-state index contributed by atoms with van der Waals surface area (Å²) < 4.78 is 26.1. The van der Waals surface area contributed by atoms with Crippen LogP contribution in [-0.4, -0.2) is 4.98 Å². The van der Waals surface area contributed by atoms with Crippen LogP contribution in [0.25, 0.3) is 10.9 Å². The largest absolute Gasteiger partial charge is 0.324 e. The molecular formula is C17H14F2N2.